The van der Waals surface area contributed by atoms with Crippen LogP contribution >= 0.6 is 0 Å². The van der Waals surface area contributed by atoms with Crippen molar-refractivity contribution < 1.29 is 24.4 Å². The second-order valence-electron chi connectivity index (χ2n) is 7.71. The maximum atomic E-state index is 11.8. The van der Waals surface area contributed by atoms with Gasteiger partial charge in [-0.3, -0.25) is 10.1 Å². The lowest BCUT2D eigenvalue weighted by molar-refractivity contribution is -0.283. The average Bonchev–Trinajstić information content (AvgIpc) is 2.66. The molecular formula is C20H36O5. The summed E-state index contributed by atoms with van der Waals surface area (Å²) in [6.45, 7) is 0.845. The van der Waals surface area contributed by atoms with Gasteiger partial charge in [-0.25, -0.2) is 4.89 Å². The number of ether oxygens (including phenoxy) is 2. The molecule has 2 rings (SSSR count). The molecule has 0 heterocycles. The molecule has 1 N–H and O–H groups in total. The third-order valence-corrected chi connectivity index (χ3v) is 5.63. The van der Waals surface area contributed by atoms with Crippen LogP contribution in [0, 0.1) is 5.92 Å². The summed E-state index contributed by atoms with van der Waals surface area (Å²) in [5, 5.41) is 9.09. The van der Waals surface area contributed by atoms with Crippen molar-refractivity contribution in [3.05, 3.63) is 0 Å². The molecule has 2 saturated carbocycles. The van der Waals surface area contributed by atoms with Crippen LogP contribution in [0.2, 0.25) is 0 Å². The molecule has 0 aromatic carbocycles. The van der Waals surface area contributed by atoms with Crippen LogP contribution in [0.4, 0.5) is 0 Å². The van der Waals surface area contributed by atoms with Crippen LogP contribution in [0.1, 0.15) is 89.9 Å². The topological polar surface area (TPSA) is 65.0 Å². The maximum Gasteiger partial charge on any atom is 0.305 e. The third kappa shape index (κ3) is 9.02. The van der Waals surface area contributed by atoms with Crippen LogP contribution in [0.25, 0.3) is 0 Å². The van der Waals surface area contributed by atoms with E-state index in [0.29, 0.717) is 44.5 Å². The van der Waals surface area contributed by atoms with E-state index in [0.717, 1.165) is 19.3 Å². The molecule has 0 spiro atoms. The van der Waals surface area contributed by atoms with Crippen LogP contribution in [0.15, 0.2) is 0 Å². The summed E-state index contributed by atoms with van der Waals surface area (Å²) in [4.78, 5) is 16.4. The van der Waals surface area contributed by atoms with E-state index in [4.69, 9.17) is 14.7 Å². The fourth-order valence-electron chi connectivity index (χ4n) is 4.16. The second-order valence-corrected chi connectivity index (χ2v) is 7.71. The quantitative estimate of drug-likeness (QED) is 0.247. The summed E-state index contributed by atoms with van der Waals surface area (Å²) in [6.07, 6.45) is 15.4. The predicted molar refractivity (Wildman–Crippen MR) is 96.3 cm³/mol. The van der Waals surface area contributed by atoms with Crippen molar-refractivity contribution in [2.24, 2.45) is 5.92 Å². The van der Waals surface area contributed by atoms with Crippen molar-refractivity contribution in [3.63, 3.8) is 0 Å². The summed E-state index contributed by atoms with van der Waals surface area (Å²) in [7, 11) is 0. The molecule has 146 valence electrons. The summed E-state index contributed by atoms with van der Waals surface area (Å²) in [5.74, 6) is 0.483. The Kier molecular flexibility index (Phi) is 10.5. The summed E-state index contributed by atoms with van der Waals surface area (Å²) in [5.41, 5.74) is 0. The molecule has 0 saturated heterocycles. The van der Waals surface area contributed by atoms with E-state index in [1.54, 1.807) is 0 Å². The number of hydrogen-bond acceptors (Lipinski definition) is 5. The molecule has 1 unspecified atom stereocenters. The van der Waals surface area contributed by atoms with Gasteiger partial charge in [0.1, 0.15) is 6.61 Å². The van der Waals surface area contributed by atoms with Crippen LogP contribution in [0.3, 0.4) is 0 Å². The second kappa shape index (κ2) is 12.7. The predicted octanol–water partition coefficient (Wildman–Crippen LogP) is 4.88. The van der Waals surface area contributed by atoms with Gasteiger partial charge in [0.25, 0.3) is 0 Å². The molecule has 1 atom stereocenters. The number of carbonyl (C=O) groups excluding carboxylic acids is 1. The Labute approximate surface area is 152 Å². The van der Waals surface area contributed by atoms with Crippen LogP contribution in [0.5, 0.6) is 0 Å². The Morgan fingerprint density at radius 2 is 1.64 bits per heavy atom. The molecule has 5 heteroatoms. The lowest BCUT2D eigenvalue weighted by Gasteiger charge is -2.24. The standard InChI is InChI=1S/C20H36O5/c21-20(24-15-14-23-18-10-5-2-6-11-18)13-7-12-19(25-22)16-17-8-3-1-4-9-17/h17-19,22H,1-16H2. The first kappa shape index (κ1) is 20.7. The Morgan fingerprint density at radius 1 is 0.960 bits per heavy atom. The first-order chi connectivity index (χ1) is 12.3. The van der Waals surface area contributed by atoms with E-state index < -0.39 is 0 Å². The largest absolute Gasteiger partial charge is 0.463 e. The van der Waals surface area contributed by atoms with Crippen LogP contribution < -0.4 is 0 Å². The van der Waals surface area contributed by atoms with Gasteiger partial charge in [-0.2, -0.15) is 0 Å². The van der Waals surface area contributed by atoms with Gasteiger partial charge >= 0.3 is 5.97 Å². The third-order valence-electron chi connectivity index (χ3n) is 5.63. The van der Waals surface area contributed by atoms with Crippen LogP contribution in [-0.2, 0) is 19.2 Å². The zero-order valence-electron chi connectivity index (χ0n) is 15.6. The Balaban J connectivity index is 1.47. The maximum absolute atomic E-state index is 11.8. The molecular weight excluding hydrogens is 320 g/mol. The normalized spacial score (nSPS) is 21.2. The Bertz CT molecular complexity index is 348. The zero-order chi connectivity index (χ0) is 17.7. The summed E-state index contributed by atoms with van der Waals surface area (Å²) >= 11 is 0. The summed E-state index contributed by atoms with van der Waals surface area (Å²) < 4.78 is 11.0. The molecule has 25 heavy (non-hydrogen) atoms. The van der Waals surface area contributed by atoms with E-state index in [1.165, 1.54) is 51.4 Å². The molecule has 0 bridgehead atoms. The molecule has 0 radical (unpaired) electrons. The van der Waals surface area contributed by atoms with E-state index in [2.05, 4.69) is 4.89 Å². The van der Waals surface area contributed by atoms with Gasteiger partial charge in [0.15, 0.2) is 0 Å². The number of rotatable bonds is 11. The minimum atomic E-state index is -0.179. The Morgan fingerprint density at radius 3 is 2.32 bits per heavy atom. The van der Waals surface area contributed by atoms with Gasteiger partial charge in [0.2, 0.25) is 0 Å². The van der Waals surface area contributed by atoms with Gasteiger partial charge < -0.3 is 9.47 Å². The fraction of sp³-hybridized carbons (Fsp3) is 0.950. The molecule has 0 aromatic rings. The van der Waals surface area contributed by atoms with Gasteiger partial charge in [-0.1, -0.05) is 51.4 Å². The van der Waals surface area contributed by atoms with E-state index >= 15 is 0 Å². The van der Waals surface area contributed by atoms with Crippen molar-refractivity contribution in [3.8, 4) is 0 Å². The van der Waals surface area contributed by atoms with Gasteiger partial charge in [0.05, 0.1) is 18.8 Å². The van der Waals surface area contributed by atoms with Gasteiger partial charge in [0, 0.05) is 6.42 Å². The first-order valence-corrected chi connectivity index (χ1v) is 10.4. The van der Waals surface area contributed by atoms with Crippen molar-refractivity contribution in [2.45, 2.75) is 102 Å². The van der Waals surface area contributed by atoms with Crippen molar-refractivity contribution in [2.75, 3.05) is 13.2 Å². The lowest BCUT2D eigenvalue weighted by atomic mass is 9.84. The van der Waals surface area contributed by atoms with Gasteiger partial charge in [-0.15, -0.1) is 0 Å². The Hall–Kier alpha value is -0.650. The highest BCUT2D eigenvalue weighted by Gasteiger charge is 2.20. The fourth-order valence-corrected chi connectivity index (χ4v) is 4.16. The molecule has 2 aliphatic rings. The monoisotopic (exact) mass is 356 g/mol. The van der Waals surface area contributed by atoms with Crippen molar-refractivity contribution in [1.82, 2.24) is 0 Å². The molecule has 0 aromatic heterocycles. The van der Waals surface area contributed by atoms with Crippen LogP contribution in [-0.4, -0.2) is 36.6 Å². The number of carbonyl (C=O) groups is 1. The average molecular weight is 357 g/mol. The van der Waals surface area contributed by atoms with E-state index in [-0.39, 0.29) is 12.1 Å². The molecule has 2 aliphatic carbocycles. The highest BCUT2D eigenvalue weighted by atomic mass is 17.1. The lowest BCUT2D eigenvalue weighted by Crippen LogP contribution is -2.20. The number of esters is 1. The zero-order valence-corrected chi connectivity index (χ0v) is 15.6. The first-order valence-electron chi connectivity index (χ1n) is 10.4. The molecule has 2 fully saturated rings. The summed E-state index contributed by atoms with van der Waals surface area (Å²) in [6, 6.07) is 0. The minimum Gasteiger partial charge on any atom is -0.463 e. The minimum absolute atomic E-state index is 0.148. The van der Waals surface area contributed by atoms with Gasteiger partial charge in [-0.05, 0) is 38.0 Å². The highest BCUT2D eigenvalue weighted by Crippen LogP contribution is 2.29. The van der Waals surface area contributed by atoms with E-state index in [1.807, 2.05) is 0 Å². The highest BCUT2D eigenvalue weighted by molar-refractivity contribution is 5.69. The van der Waals surface area contributed by atoms with Crippen molar-refractivity contribution in [1.29, 1.82) is 0 Å². The molecule has 0 amide bonds. The molecule has 5 nitrogen and oxygen atoms in total. The number of hydrogen-bond donors (Lipinski definition) is 1. The SMILES string of the molecule is O=C(CCCC(CC1CCCCC1)OO)OCCOC1CCCCC1. The smallest absolute Gasteiger partial charge is 0.305 e. The van der Waals surface area contributed by atoms with Crippen molar-refractivity contribution >= 4 is 5.97 Å². The van der Waals surface area contributed by atoms with E-state index in [9.17, 15) is 4.79 Å². The molecule has 0 aliphatic heterocycles.